The molecule has 1 aromatic carbocycles. The molecule has 0 radical (unpaired) electrons. The highest BCUT2D eigenvalue weighted by molar-refractivity contribution is 7.89. The Morgan fingerprint density at radius 2 is 1.81 bits per heavy atom. The summed E-state index contributed by atoms with van der Waals surface area (Å²) < 4.78 is 54.9. The van der Waals surface area contributed by atoms with Gasteiger partial charge in [0.1, 0.15) is 0 Å². The number of alkyl halides is 2. The van der Waals surface area contributed by atoms with Gasteiger partial charge in [-0.3, -0.25) is 0 Å². The van der Waals surface area contributed by atoms with Crippen LogP contribution in [0.4, 0.5) is 8.78 Å². The van der Waals surface area contributed by atoms with Crippen LogP contribution in [0.3, 0.4) is 0 Å². The maximum atomic E-state index is 13.5. The third kappa shape index (κ3) is 2.40. The molecule has 7 heteroatoms. The molecule has 0 saturated heterocycles. The van der Waals surface area contributed by atoms with Gasteiger partial charge < -0.3 is 0 Å². The van der Waals surface area contributed by atoms with Crippen molar-refractivity contribution in [2.24, 2.45) is 11.8 Å². The lowest BCUT2D eigenvalue weighted by Gasteiger charge is -2.35. The highest BCUT2D eigenvalue weighted by Gasteiger charge is 2.73. The van der Waals surface area contributed by atoms with Crippen molar-refractivity contribution in [3.63, 3.8) is 0 Å². The number of hydrogen-bond acceptors (Lipinski definition) is 3. The van der Waals surface area contributed by atoms with Crippen LogP contribution in [0.2, 0.25) is 0 Å². The van der Waals surface area contributed by atoms with Crippen molar-refractivity contribution < 1.29 is 17.2 Å². The molecule has 0 bridgehead atoms. The number of fused-ring (bicyclic) bond motifs is 2. The Bertz CT molecular complexity index is 928. The minimum atomic E-state index is -3.58. The van der Waals surface area contributed by atoms with Gasteiger partial charge in [-0.2, -0.15) is 4.31 Å². The Morgan fingerprint density at radius 1 is 1.08 bits per heavy atom. The van der Waals surface area contributed by atoms with E-state index in [1.54, 1.807) is 11.3 Å². The van der Waals surface area contributed by atoms with E-state index in [4.69, 9.17) is 0 Å². The smallest absolute Gasteiger partial charge is 0.212 e. The van der Waals surface area contributed by atoms with Crippen LogP contribution in [0.1, 0.15) is 34.8 Å². The van der Waals surface area contributed by atoms with Crippen molar-refractivity contribution in [1.82, 2.24) is 4.31 Å². The molecular formula is C19H19F2NO2S2. The minimum Gasteiger partial charge on any atom is -0.212 e. The van der Waals surface area contributed by atoms with Crippen molar-refractivity contribution in [3.8, 4) is 0 Å². The normalized spacial score (nSPS) is 32.8. The molecule has 2 saturated carbocycles. The second-order valence-corrected chi connectivity index (χ2v) is 10.8. The number of halogens is 2. The van der Waals surface area contributed by atoms with Gasteiger partial charge in [0.25, 0.3) is 5.92 Å². The molecule has 3 unspecified atom stereocenters. The first kappa shape index (κ1) is 16.8. The number of hydrogen-bond donors (Lipinski definition) is 0. The molecule has 5 rings (SSSR count). The van der Waals surface area contributed by atoms with Crippen LogP contribution in [0.5, 0.6) is 0 Å². The van der Waals surface area contributed by atoms with E-state index in [0.717, 1.165) is 10.4 Å². The van der Waals surface area contributed by atoms with Gasteiger partial charge in [0, 0.05) is 35.7 Å². The molecule has 0 spiro atoms. The quantitative estimate of drug-likeness (QED) is 0.786. The van der Waals surface area contributed by atoms with Gasteiger partial charge in [-0.25, -0.2) is 17.2 Å². The van der Waals surface area contributed by atoms with E-state index in [-0.39, 0.29) is 18.8 Å². The summed E-state index contributed by atoms with van der Waals surface area (Å²) in [6, 6.07) is 11.9. The molecule has 138 valence electrons. The lowest BCUT2D eigenvalue weighted by molar-refractivity contribution is 0.0730. The fourth-order valence-corrected chi connectivity index (χ4v) is 7.56. The minimum absolute atomic E-state index is 0.00658. The molecule has 2 aliphatic carbocycles. The molecule has 3 atom stereocenters. The van der Waals surface area contributed by atoms with Crippen LogP contribution >= 0.6 is 11.3 Å². The number of benzene rings is 1. The molecule has 2 fully saturated rings. The van der Waals surface area contributed by atoms with E-state index in [9.17, 15) is 17.2 Å². The molecule has 0 N–H and O–H groups in total. The van der Waals surface area contributed by atoms with Crippen LogP contribution in [-0.2, 0) is 16.6 Å². The van der Waals surface area contributed by atoms with E-state index in [1.807, 2.05) is 35.7 Å². The van der Waals surface area contributed by atoms with Crippen LogP contribution < -0.4 is 0 Å². The largest absolute Gasteiger partial charge is 0.254 e. The molecule has 3 nitrogen and oxygen atoms in total. The molecule has 0 amide bonds. The first-order valence-corrected chi connectivity index (χ1v) is 11.3. The number of thiophene rings is 1. The average molecular weight is 395 g/mol. The molecule has 3 aliphatic rings. The topological polar surface area (TPSA) is 37.4 Å². The van der Waals surface area contributed by atoms with E-state index in [0.29, 0.717) is 13.1 Å². The zero-order chi connectivity index (χ0) is 18.1. The summed E-state index contributed by atoms with van der Waals surface area (Å²) in [5.41, 5.74) is 2.18. The van der Waals surface area contributed by atoms with Gasteiger partial charge in [0.05, 0.1) is 5.25 Å². The van der Waals surface area contributed by atoms with E-state index in [2.05, 4.69) is 6.07 Å². The summed E-state index contributed by atoms with van der Waals surface area (Å²) in [5.74, 6) is -4.09. The van der Waals surface area contributed by atoms with Crippen molar-refractivity contribution in [3.05, 3.63) is 57.8 Å². The van der Waals surface area contributed by atoms with E-state index in [1.165, 1.54) is 9.87 Å². The van der Waals surface area contributed by atoms with Crippen molar-refractivity contribution in [1.29, 1.82) is 0 Å². The highest BCUT2D eigenvalue weighted by Crippen LogP contribution is 2.65. The summed E-state index contributed by atoms with van der Waals surface area (Å²) in [6.45, 7) is 0.727. The zero-order valence-corrected chi connectivity index (χ0v) is 15.6. The molecule has 2 heterocycles. The Labute approximate surface area is 155 Å². The lowest BCUT2D eigenvalue weighted by atomic mass is 9.90. The van der Waals surface area contributed by atoms with Gasteiger partial charge in [0.15, 0.2) is 0 Å². The zero-order valence-electron chi connectivity index (χ0n) is 14.0. The summed E-state index contributed by atoms with van der Waals surface area (Å²) in [6.07, 6.45) is 0.198. The van der Waals surface area contributed by atoms with E-state index >= 15 is 0 Å². The molecule has 2 aromatic rings. The Kier molecular flexibility index (Phi) is 3.62. The van der Waals surface area contributed by atoms with Crippen molar-refractivity contribution in [2.45, 2.75) is 36.5 Å². The third-order valence-electron chi connectivity index (χ3n) is 6.23. The van der Waals surface area contributed by atoms with Gasteiger partial charge in [0.2, 0.25) is 10.0 Å². The maximum Gasteiger partial charge on any atom is 0.254 e. The molecule has 26 heavy (non-hydrogen) atoms. The Balaban J connectivity index is 1.45. The summed E-state index contributed by atoms with van der Waals surface area (Å²) in [4.78, 5) is 1.14. The molecular weight excluding hydrogens is 376 g/mol. The fraction of sp³-hybridized carbons (Fsp3) is 0.474. The predicted molar refractivity (Wildman–Crippen MR) is 96.9 cm³/mol. The lowest BCUT2D eigenvalue weighted by Crippen LogP contribution is -2.43. The number of rotatable bonds is 3. The summed E-state index contributed by atoms with van der Waals surface area (Å²) in [7, 11) is -3.58. The van der Waals surface area contributed by atoms with Crippen molar-refractivity contribution >= 4 is 21.4 Å². The molecule has 1 aromatic heterocycles. The SMILES string of the molecule is O=S(=O)(C1CC2C(C1)C2(F)F)N1Cc2ccccc2C(c2cccs2)C1. The molecule has 1 aliphatic heterocycles. The second-order valence-electron chi connectivity index (χ2n) is 7.59. The van der Waals surface area contributed by atoms with Crippen molar-refractivity contribution in [2.75, 3.05) is 6.54 Å². The summed E-state index contributed by atoms with van der Waals surface area (Å²) >= 11 is 1.62. The van der Waals surface area contributed by atoms with Crippen LogP contribution in [0.25, 0.3) is 0 Å². The third-order valence-corrected chi connectivity index (χ3v) is 9.44. The second kappa shape index (κ2) is 5.59. The standard InChI is InChI=1S/C19H19F2NO2S2/c20-19(21)16-8-13(9-17(16)19)26(23,24)22-10-12-4-1-2-5-14(12)15(11-22)18-6-3-7-25-18/h1-7,13,15-17H,8-11H2. The van der Waals surface area contributed by atoms with Crippen LogP contribution in [0, 0.1) is 11.8 Å². The van der Waals surface area contributed by atoms with Gasteiger partial charge in [-0.05, 0) is 35.4 Å². The van der Waals surface area contributed by atoms with Crippen LogP contribution in [0.15, 0.2) is 41.8 Å². The fourth-order valence-electron chi connectivity index (χ4n) is 4.72. The predicted octanol–water partition coefficient (Wildman–Crippen LogP) is 4.07. The maximum absolute atomic E-state index is 13.5. The Hall–Kier alpha value is -1.31. The summed E-state index contributed by atoms with van der Waals surface area (Å²) in [5, 5.41) is 1.34. The number of sulfonamides is 1. The first-order valence-electron chi connectivity index (χ1n) is 8.87. The van der Waals surface area contributed by atoms with Crippen LogP contribution in [-0.4, -0.2) is 30.4 Å². The van der Waals surface area contributed by atoms with Gasteiger partial charge in [-0.15, -0.1) is 11.3 Å². The average Bonchev–Trinajstić information content (AvgIpc) is 3.13. The van der Waals surface area contributed by atoms with E-state index < -0.39 is 33.0 Å². The Morgan fingerprint density at radius 3 is 2.50 bits per heavy atom. The highest BCUT2D eigenvalue weighted by atomic mass is 32.2. The van der Waals surface area contributed by atoms with Gasteiger partial charge >= 0.3 is 0 Å². The monoisotopic (exact) mass is 395 g/mol. The first-order chi connectivity index (χ1) is 12.4. The number of nitrogens with zero attached hydrogens (tertiary/aromatic N) is 1. The van der Waals surface area contributed by atoms with Gasteiger partial charge in [-0.1, -0.05) is 30.3 Å².